The minimum atomic E-state index is -4.19. The van der Waals surface area contributed by atoms with E-state index >= 15 is 0 Å². The van der Waals surface area contributed by atoms with Gasteiger partial charge in [0.25, 0.3) is 4.90 Å². The summed E-state index contributed by atoms with van der Waals surface area (Å²) in [5.74, 6) is 4.78. The van der Waals surface area contributed by atoms with Gasteiger partial charge in [0.05, 0.1) is 15.3 Å². The highest BCUT2D eigenvalue weighted by Gasteiger charge is 2.38. The van der Waals surface area contributed by atoms with Crippen molar-refractivity contribution in [2.24, 2.45) is 16.1 Å². The van der Waals surface area contributed by atoms with Crippen LogP contribution in [0.5, 0.6) is 0 Å². The highest BCUT2D eigenvalue weighted by atomic mass is 35.5. The lowest BCUT2D eigenvalue weighted by Crippen LogP contribution is -2.21. The highest BCUT2D eigenvalue weighted by Crippen LogP contribution is 2.36. The summed E-state index contributed by atoms with van der Waals surface area (Å²) in [5.41, 5.74) is 3.10. The fraction of sp³-hybridized carbons (Fsp3) is 0.143. The van der Waals surface area contributed by atoms with Crippen LogP contribution >= 0.6 is 23.2 Å². The standard InChI is InChI=1S/C21H20Cl2N4O3S/c1-2-27(14-15-6-4-3-5-7-15)17-10-8-16(9-11-17)25-26-20-12-19(23)21(13-18(20)22)31(28,29)30-24/h3-13H,2,14,24H2,1H3/q+1. The molecular weight excluding hydrogens is 459 g/mol. The molecule has 0 aliphatic heterocycles. The topological polar surface area (TPSA) is 100 Å². The van der Waals surface area contributed by atoms with Crippen LogP contribution in [0.25, 0.3) is 0 Å². The molecule has 0 saturated heterocycles. The summed E-state index contributed by atoms with van der Waals surface area (Å²) < 4.78 is 27.5. The van der Waals surface area contributed by atoms with Gasteiger partial charge in [-0.2, -0.15) is 11.0 Å². The molecule has 3 aromatic rings. The Labute approximate surface area is 191 Å². The van der Waals surface area contributed by atoms with Crippen LogP contribution in [0.2, 0.25) is 10.0 Å². The van der Waals surface area contributed by atoms with Gasteiger partial charge in [0.1, 0.15) is 10.7 Å². The molecule has 7 nitrogen and oxygen atoms in total. The summed E-state index contributed by atoms with van der Waals surface area (Å²) >= 11 is 12.1. The molecule has 0 spiro atoms. The van der Waals surface area contributed by atoms with Crippen molar-refractivity contribution in [1.29, 1.82) is 0 Å². The first-order valence-corrected chi connectivity index (χ1v) is 11.4. The van der Waals surface area contributed by atoms with Crippen LogP contribution in [0.1, 0.15) is 12.5 Å². The summed E-state index contributed by atoms with van der Waals surface area (Å²) in [6.45, 7) is 3.75. The number of hydrogen-bond acceptors (Lipinski definition) is 6. The van der Waals surface area contributed by atoms with Crippen molar-refractivity contribution in [1.82, 2.24) is 0 Å². The fourth-order valence-electron chi connectivity index (χ4n) is 2.87. The number of halogens is 2. The third-order valence-corrected chi connectivity index (χ3v) is 6.34. The Morgan fingerprint density at radius 2 is 1.68 bits per heavy atom. The number of benzene rings is 3. The summed E-state index contributed by atoms with van der Waals surface area (Å²) in [5, 5.41) is 8.15. The molecule has 1 atom stereocenters. The second kappa shape index (κ2) is 10.3. The first-order chi connectivity index (χ1) is 14.8. The highest BCUT2D eigenvalue weighted by molar-refractivity contribution is 7.93. The quantitative estimate of drug-likeness (QED) is 0.228. The van der Waals surface area contributed by atoms with E-state index in [1.165, 1.54) is 11.6 Å². The van der Waals surface area contributed by atoms with Crippen LogP contribution in [-0.2, 0) is 30.1 Å². The number of anilines is 1. The zero-order chi connectivity index (χ0) is 22.4. The summed E-state index contributed by atoms with van der Waals surface area (Å²) in [7, 11) is -4.19. The van der Waals surface area contributed by atoms with Crippen molar-refractivity contribution in [2.45, 2.75) is 18.4 Å². The van der Waals surface area contributed by atoms with Crippen LogP contribution in [0.4, 0.5) is 17.1 Å². The first-order valence-electron chi connectivity index (χ1n) is 9.27. The Hall–Kier alpha value is -2.33. The molecule has 0 aromatic heterocycles. The number of hydrogen-bond donors (Lipinski definition) is 1. The predicted molar refractivity (Wildman–Crippen MR) is 123 cm³/mol. The molecular formula is C21H20Cl2N4O3S+. The van der Waals surface area contributed by atoms with Crippen LogP contribution in [0.3, 0.4) is 0 Å². The second-order valence-electron chi connectivity index (χ2n) is 6.50. The van der Waals surface area contributed by atoms with Gasteiger partial charge in [0, 0.05) is 24.8 Å². The summed E-state index contributed by atoms with van der Waals surface area (Å²) in [6, 6.07) is 20.2. The SMILES string of the molecule is CCN(Cc1ccccc1)c1ccc(N=Nc2cc(Cl)c([S+]([O])(=O)ON)cc2Cl)cc1. The number of rotatable bonds is 8. The number of nitrogens with zero attached hydrogens (tertiary/aromatic N) is 3. The molecule has 2 N–H and O–H groups in total. The normalized spacial score (nSPS) is 13.3. The largest absolute Gasteiger partial charge is 0.449 e. The third-order valence-electron chi connectivity index (χ3n) is 4.48. The Morgan fingerprint density at radius 3 is 2.29 bits per heavy atom. The maximum Gasteiger partial charge on any atom is 0.449 e. The smallest absolute Gasteiger partial charge is 0.367 e. The molecule has 0 amide bonds. The number of azo groups is 1. The first kappa shape index (κ1) is 23.3. The molecule has 31 heavy (non-hydrogen) atoms. The molecule has 161 valence electrons. The van der Waals surface area contributed by atoms with Crippen molar-refractivity contribution in [2.75, 3.05) is 11.4 Å². The van der Waals surface area contributed by atoms with E-state index in [1.807, 2.05) is 42.5 Å². The van der Waals surface area contributed by atoms with Gasteiger partial charge in [-0.1, -0.05) is 53.5 Å². The van der Waals surface area contributed by atoms with Gasteiger partial charge < -0.3 is 4.90 Å². The lowest BCUT2D eigenvalue weighted by Gasteiger charge is -2.23. The van der Waals surface area contributed by atoms with E-state index in [1.54, 1.807) is 0 Å². The lowest BCUT2D eigenvalue weighted by molar-refractivity contribution is 0.261. The van der Waals surface area contributed by atoms with E-state index in [9.17, 15) is 8.76 Å². The Kier molecular flexibility index (Phi) is 7.77. The third kappa shape index (κ3) is 5.88. The molecule has 0 heterocycles. The van der Waals surface area contributed by atoms with Gasteiger partial charge in [-0.05, 0) is 51.3 Å². The molecule has 1 unspecified atom stereocenters. The van der Waals surface area contributed by atoms with Crippen molar-refractivity contribution in [3.8, 4) is 0 Å². The predicted octanol–water partition coefficient (Wildman–Crippen LogP) is 6.44. The fourth-order valence-corrected chi connectivity index (χ4v) is 4.24. The molecule has 10 heteroatoms. The zero-order valence-corrected chi connectivity index (χ0v) is 18.9. The maximum atomic E-state index is 11.7. The van der Waals surface area contributed by atoms with Crippen molar-refractivity contribution in [3.63, 3.8) is 0 Å². The van der Waals surface area contributed by atoms with Crippen molar-refractivity contribution in [3.05, 3.63) is 82.3 Å². The molecule has 0 aliphatic rings. The van der Waals surface area contributed by atoms with E-state index in [2.05, 4.69) is 38.5 Å². The minimum Gasteiger partial charge on any atom is -0.367 e. The molecule has 0 bridgehead atoms. The van der Waals surface area contributed by atoms with E-state index in [-0.39, 0.29) is 20.6 Å². The average molecular weight is 479 g/mol. The molecule has 1 radical (unpaired) electrons. The molecule has 3 aromatic carbocycles. The number of nitrogens with two attached hydrogens (primary N) is 1. The van der Waals surface area contributed by atoms with Gasteiger partial charge in [-0.15, -0.1) is 5.11 Å². The zero-order valence-electron chi connectivity index (χ0n) is 16.6. The average Bonchev–Trinajstić information content (AvgIpc) is 2.78. The van der Waals surface area contributed by atoms with Crippen LogP contribution in [-0.4, -0.2) is 6.54 Å². The van der Waals surface area contributed by atoms with E-state index in [0.29, 0.717) is 5.69 Å². The van der Waals surface area contributed by atoms with Crippen LogP contribution in [0, 0.1) is 0 Å². The van der Waals surface area contributed by atoms with Crippen molar-refractivity contribution < 1.29 is 13.0 Å². The van der Waals surface area contributed by atoms with Gasteiger partial charge >= 0.3 is 10.5 Å². The van der Waals surface area contributed by atoms with Gasteiger partial charge in [-0.25, -0.2) is 0 Å². The molecule has 0 fully saturated rings. The summed E-state index contributed by atoms with van der Waals surface area (Å²) in [6.07, 6.45) is 0. The lowest BCUT2D eigenvalue weighted by atomic mass is 10.2. The molecule has 3 rings (SSSR count). The molecule has 0 aliphatic carbocycles. The maximum absolute atomic E-state index is 11.7. The summed E-state index contributed by atoms with van der Waals surface area (Å²) in [4.78, 5) is 1.90. The van der Waals surface area contributed by atoms with Crippen LogP contribution < -0.4 is 10.8 Å². The Bertz CT molecular complexity index is 1110. The van der Waals surface area contributed by atoms with E-state index in [4.69, 9.17) is 29.1 Å². The van der Waals surface area contributed by atoms with Gasteiger partial charge in [0.2, 0.25) is 0 Å². The van der Waals surface area contributed by atoms with E-state index in [0.717, 1.165) is 24.8 Å². The Morgan fingerprint density at radius 1 is 1.00 bits per heavy atom. The van der Waals surface area contributed by atoms with Gasteiger partial charge in [-0.3, -0.25) is 0 Å². The second-order valence-corrected chi connectivity index (χ2v) is 8.86. The van der Waals surface area contributed by atoms with Crippen molar-refractivity contribution >= 4 is 50.8 Å². The monoisotopic (exact) mass is 478 g/mol. The molecule has 0 saturated carbocycles. The van der Waals surface area contributed by atoms with Crippen LogP contribution in [0.15, 0.2) is 81.9 Å². The Balaban J connectivity index is 1.76. The van der Waals surface area contributed by atoms with Gasteiger partial charge in [0.15, 0.2) is 0 Å². The van der Waals surface area contributed by atoms with E-state index < -0.39 is 10.5 Å². The minimum absolute atomic E-state index is 0.0421.